The van der Waals surface area contributed by atoms with Crippen LogP contribution in [0.15, 0.2) is 54.3 Å². The zero-order valence-corrected chi connectivity index (χ0v) is 25.5. The largest absolute Gasteiger partial charge is 0.481 e. The van der Waals surface area contributed by atoms with Crippen LogP contribution in [0.2, 0.25) is 0 Å². The number of nitrogens with zero attached hydrogens (tertiary/aromatic N) is 1. The van der Waals surface area contributed by atoms with Crippen LogP contribution in [0.25, 0.3) is 0 Å². The molecule has 41 heavy (non-hydrogen) atoms. The smallest absolute Gasteiger partial charge is 0.404 e. The van der Waals surface area contributed by atoms with Crippen molar-refractivity contribution >= 4 is 24.6 Å². The van der Waals surface area contributed by atoms with Gasteiger partial charge in [0.2, 0.25) is 5.91 Å². The topological polar surface area (TPSA) is 126 Å². The van der Waals surface area contributed by atoms with Crippen LogP contribution >= 0.6 is 0 Å². The van der Waals surface area contributed by atoms with Crippen molar-refractivity contribution in [3.63, 3.8) is 0 Å². The van der Waals surface area contributed by atoms with Gasteiger partial charge in [0.1, 0.15) is 6.04 Å². The van der Waals surface area contributed by atoms with Crippen LogP contribution in [0.5, 0.6) is 0 Å². The highest BCUT2D eigenvalue weighted by molar-refractivity contribution is 6.48. The Kier molecular flexibility index (Phi) is 9.09. The molecule has 0 spiro atoms. The highest BCUT2D eigenvalue weighted by Gasteiger charge is 2.68. The Labute approximate surface area is 245 Å². The summed E-state index contributed by atoms with van der Waals surface area (Å²) in [6.07, 6.45) is 2.91. The monoisotopic (exact) mass is 566 g/mol. The van der Waals surface area contributed by atoms with Crippen molar-refractivity contribution in [2.24, 2.45) is 29.0 Å². The van der Waals surface area contributed by atoms with Crippen LogP contribution in [-0.2, 0) is 18.9 Å². The molecule has 0 unspecified atom stereocenters. The molecule has 9 nitrogen and oxygen atoms in total. The summed E-state index contributed by atoms with van der Waals surface area (Å²) in [6, 6.07) is 7.97. The molecule has 4 aliphatic rings. The normalized spacial score (nSPS) is 28.9. The number of carbonyl (C=O) groups excluding carboxylic acids is 2. The number of allylic oxidation sites excluding steroid dienone is 1. The number of aliphatic hydroxyl groups is 1. The molecule has 1 aliphatic heterocycles. The van der Waals surface area contributed by atoms with E-state index in [-0.39, 0.29) is 23.0 Å². The first kappa shape index (κ1) is 31.3. The van der Waals surface area contributed by atoms with Crippen LogP contribution in [0.1, 0.15) is 67.7 Å². The highest BCUT2D eigenvalue weighted by Crippen LogP contribution is 2.65. The molecule has 5 rings (SSSR count). The molecule has 1 saturated heterocycles. The van der Waals surface area contributed by atoms with Gasteiger partial charge in [-0.1, -0.05) is 58.5 Å². The van der Waals surface area contributed by atoms with Crippen molar-refractivity contribution in [3.8, 4) is 0 Å². The molecule has 0 aromatic heterocycles. The van der Waals surface area contributed by atoms with Crippen LogP contribution in [0, 0.1) is 23.2 Å². The van der Waals surface area contributed by atoms with E-state index in [1.165, 1.54) is 18.0 Å². The number of anilines is 1. The lowest BCUT2D eigenvalue weighted by molar-refractivity contribution is -0.199. The van der Waals surface area contributed by atoms with Crippen molar-refractivity contribution in [3.05, 3.63) is 54.3 Å². The standard InChI is InChI=1S/C31H47BN4O5/c1-9-23(19(4)36(33)22-13-11-10-12-14-22)28(38)35-27(20(5)37)29(39)34-26(15-18(2)3)32-40-25-17-21-16-24(30(21,6)7)31(25,8)41-32/h9-14,18,20-21,24-27,37H,1,15-17,33H2,2-8H3,(H,34,39)(H,35,38)/b23-19+/t20-,21+,24+,25-,26+,27+,31+/m1/s1. The number of carbonyl (C=O) groups is 2. The number of hydrogen-bond acceptors (Lipinski definition) is 7. The molecule has 1 aromatic rings. The van der Waals surface area contributed by atoms with Crippen molar-refractivity contribution < 1.29 is 24.0 Å². The number of amides is 2. The summed E-state index contributed by atoms with van der Waals surface area (Å²) in [7, 11) is -0.612. The molecule has 5 N–H and O–H groups in total. The minimum atomic E-state index is -1.21. The van der Waals surface area contributed by atoms with E-state index in [2.05, 4.69) is 51.8 Å². The van der Waals surface area contributed by atoms with E-state index in [1.807, 2.05) is 30.3 Å². The Morgan fingerprint density at radius 2 is 1.85 bits per heavy atom. The fourth-order valence-electron chi connectivity index (χ4n) is 7.03. The van der Waals surface area contributed by atoms with Gasteiger partial charge in [-0.15, -0.1) is 0 Å². The van der Waals surface area contributed by atoms with Crippen LogP contribution in [-0.4, -0.2) is 53.8 Å². The average molecular weight is 567 g/mol. The predicted molar refractivity (Wildman–Crippen MR) is 161 cm³/mol. The summed E-state index contributed by atoms with van der Waals surface area (Å²) >= 11 is 0. The zero-order chi connectivity index (χ0) is 30.3. The number of aliphatic hydroxyl groups excluding tert-OH is 1. The lowest BCUT2D eigenvalue weighted by Crippen LogP contribution is -2.65. The molecule has 2 bridgehead atoms. The van der Waals surface area contributed by atoms with E-state index in [0.717, 1.165) is 12.8 Å². The van der Waals surface area contributed by atoms with Crippen molar-refractivity contribution in [2.45, 2.75) is 97.5 Å². The van der Waals surface area contributed by atoms with Crippen LogP contribution < -0.4 is 21.5 Å². The van der Waals surface area contributed by atoms with Gasteiger partial charge >= 0.3 is 7.12 Å². The summed E-state index contributed by atoms with van der Waals surface area (Å²) in [5, 5.41) is 17.7. The predicted octanol–water partition coefficient (Wildman–Crippen LogP) is 3.49. The highest BCUT2D eigenvalue weighted by atomic mass is 16.7. The molecule has 224 valence electrons. The zero-order valence-electron chi connectivity index (χ0n) is 25.5. The third-order valence-electron chi connectivity index (χ3n) is 9.64. The number of nitrogens with two attached hydrogens (primary N) is 1. The van der Waals surface area contributed by atoms with Gasteiger partial charge in [-0.25, -0.2) is 5.84 Å². The first-order chi connectivity index (χ1) is 19.2. The molecule has 2 amide bonds. The summed E-state index contributed by atoms with van der Waals surface area (Å²) < 4.78 is 13.1. The number of nitrogens with one attached hydrogen (secondary N) is 2. The summed E-state index contributed by atoms with van der Waals surface area (Å²) in [4.78, 5) is 26.9. The quantitative estimate of drug-likeness (QED) is 0.106. The van der Waals surface area contributed by atoms with E-state index in [1.54, 1.807) is 6.92 Å². The Morgan fingerprint density at radius 3 is 2.41 bits per heavy atom. The van der Waals surface area contributed by atoms with E-state index in [0.29, 0.717) is 29.6 Å². The molecule has 1 heterocycles. The van der Waals surface area contributed by atoms with Gasteiger partial charge in [-0.05, 0) is 75.3 Å². The molecule has 3 aliphatic carbocycles. The maximum Gasteiger partial charge on any atom is 0.481 e. The molecule has 1 aromatic carbocycles. The number of hydrogen-bond donors (Lipinski definition) is 4. The van der Waals surface area contributed by atoms with E-state index < -0.39 is 42.6 Å². The lowest BCUT2D eigenvalue weighted by Gasteiger charge is -2.64. The minimum Gasteiger partial charge on any atom is -0.404 e. The Balaban J connectivity index is 1.49. The maximum atomic E-state index is 13.6. The van der Waals surface area contributed by atoms with Gasteiger partial charge < -0.3 is 25.0 Å². The van der Waals surface area contributed by atoms with E-state index in [4.69, 9.17) is 15.2 Å². The average Bonchev–Trinajstić information content (AvgIpc) is 3.28. The lowest BCUT2D eigenvalue weighted by atomic mass is 9.43. The van der Waals surface area contributed by atoms with Crippen molar-refractivity contribution in [1.82, 2.24) is 10.6 Å². The number of benzene rings is 1. The first-order valence-corrected chi connectivity index (χ1v) is 14.8. The molecular formula is C31H47BN4O5. The second-order valence-electron chi connectivity index (χ2n) is 13.2. The fraction of sp³-hybridized carbons (Fsp3) is 0.613. The second-order valence-corrected chi connectivity index (χ2v) is 13.2. The molecule has 3 saturated carbocycles. The molecule has 4 fully saturated rings. The van der Waals surface area contributed by atoms with Gasteiger partial charge in [-0.2, -0.15) is 0 Å². The molecular weight excluding hydrogens is 519 g/mol. The number of hydrazine groups is 1. The van der Waals surface area contributed by atoms with E-state index in [9.17, 15) is 14.7 Å². The first-order valence-electron chi connectivity index (χ1n) is 14.8. The van der Waals surface area contributed by atoms with Crippen LogP contribution in [0.3, 0.4) is 0 Å². The van der Waals surface area contributed by atoms with Gasteiger partial charge in [0.05, 0.1) is 35.0 Å². The Morgan fingerprint density at radius 1 is 1.20 bits per heavy atom. The SMILES string of the molecule is C=C/C(C(=O)N[C@H](C(=O)N[C@@H](CC(C)C)B1O[C@@H]2C[C@@H]3C[C@@H](C3(C)C)[C@]2(C)O1)[C@@H](C)O)=C(/C)N(N)c1ccccc1. The minimum absolute atomic E-state index is 0.0183. The third kappa shape index (κ3) is 5.98. The Hall–Kier alpha value is -2.66. The van der Waals surface area contributed by atoms with Crippen molar-refractivity contribution in [2.75, 3.05) is 5.01 Å². The number of rotatable bonds is 11. The number of para-hydroxylation sites is 1. The van der Waals surface area contributed by atoms with Gasteiger partial charge in [0.15, 0.2) is 0 Å². The summed E-state index contributed by atoms with van der Waals surface area (Å²) in [6.45, 7) is 17.9. The molecule has 0 radical (unpaired) electrons. The van der Waals surface area contributed by atoms with Gasteiger partial charge in [0.25, 0.3) is 5.91 Å². The molecule has 10 heteroatoms. The van der Waals surface area contributed by atoms with Gasteiger partial charge in [0, 0.05) is 5.70 Å². The molecule has 7 atom stereocenters. The Bertz CT molecular complexity index is 1170. The van der Waals surface area contributed by atoms with Crippen LogP contribution in [0.4, 0.5) is 5.69 Å². The van der Waals surface area contributed by atoms with Crippen molar-refractivity contribution in [1.29, 1.82) is 0 Å². The second kappa shape index (κ2) is 11.9. The fourth-order valence-corrected chi connectivity index (χ4v) is 7.03. The van der Waals surface area contributed by atoms with Gasteiger partial charge in [-0.3, -0.25) is 14.6 Å². The maximum absolute atomic E-state index is 13.6. The van der Waals surface area contributed by atoms with E-state index >= 15 is 0 Å². The third-order valence-corrected chi connectivity index (χ3v) is 9.64. The summed E-state index contributed by atoms with van der Waals surface area (Å²) in [5.74, 6) is 6.00. The summed E-state index contributed by atoms with van der Waals surface area (Å²) in [5.41, 5.74) is 1.11.